The number of rotatable bonds is 3. The van der Waals surface area contributed by atoms with Gasteiger partial charge < -0.3 is 15.1 Å². The molecule has 1 aliphatic heterocycles. The number of aromatic nitrogens is 1. The molecule has 3 rings (SSSR count). The van der Waals surface area contributed by atoms with Gasteiger partial charge in [-0.1, -0.05) is 6.07 Å². The third kappa shape index (κ3) is 2.12. The van der Waals surface area contributed by atoms with Crippen molar-refractivity contribution >= 4 is 11.1 Å². The van der Waals surface area contributed by atoms with Gasteiger partial charge in [0.1, 0.15) is 5.52 Å². The van der Waals surface area contributed by atoms with Crippen molar-refractivity contribution < 1.29 is 4.42 Å². The molecule has 0 aliphatic carbocycles. The Labute approximate surface area is 106 Å². The summed E-state index contributed by atoms with van der Waals surface area (Å²) in [6.45, 7) is 4.20. The van der Waals surface area contributed by atoms with Crippen LogP contribution in [0.15, 0.2) is 29.0 Å². The van der Waals surface area contributed by atoms with Crippen molar-refractivity contribution in [1.82, 2.24) is 20.5 Å². The fraction of sp³-hybridized carbons (Fsp3) is 0.462. The van der Waals surface area contributed by atoms with E-state index in [4.69, 9.17) is 4.42 Å². The molecule has 18 heavy (non-hydrogen) atoms. The Morgan fingerprint density at radius 2 is 2.22 bits per heavy atom. The van der Waals surface area contributed by atoms with Gasteiger partial charge in [0.25, 0.3) is 0 Å². The number of fused-ring (bicyclic) bond motifs is 1. The highest BCUT2D eigenvalue weighted by molar-refractivity contribution is 5.72. The van der Waals surface area contributed by atoms with Crippen LogP contribution in [0.5, 0.6) is 0 Å². The molecule has 1 fully saturated rings. The smallest absolute Gasteiger partial charge is 0.181 e. The molecule has 1 aliphatic rings. The van der Waals surface area contributed by atoms with E-state index in [2.05, 4.69) is 32.7 Å². The fourth-order valence-electron chi connectivity index (χ4n) is 2.54. The Morgan fingerprint density at radius 3 is 3.00 bits per heavy atom. The summed E-state index contributed by atoms with van der Waals surface area (Å²) in [6.07, 6.45) is 1.73. The normalized spacial score (nSPS) is 19.2. The van der Waals surface area contributed by atoms with Gasteiger partial charge in [-0.2, -0.15) is 0 Å². The first-order valence-corrected chi connectivity index (χ1v) is 6.33. The van der Waals surface area contributed by atoms with E-state index in [1.807, 2.05) is 13.1 Å². The second-order valence-electron chi connectivity index (χ2n) is 4.56. The number of hydrogen-bond acceptors (Lipinski definition) is 5. The lowest BCUT2D eigenvalue weighted by Crippen LogP contribution is -2.48. The first-order valence-electron chi connectivity index (χ1n) is 6.33. The third-order valence-corrected chi connectivity index (χ3v) is 3.46. The quantitative estimate of drug-likeness (QED) is 0.844. The zero-order valence-corrected chi connectivity index (χ0v) is 10.5. The molecule has 0 spiro atoms. The number of benzene rings is 1. The molecule has 5 heteroatoms. The van der Waals surface area contributed by atoms with Crippen molar-refractivity contribution in [1.29, 1.82) is 0 Å². The summed E-state index contributed by atoms with van der Waals surface area (Å²) in [5.74, 6) is 0. The highest BCUT2D eigenvalue weighted by Gasteiger charge is 2.20. The Bertz CT molecular complexity index is 518. The van der Waals surface area contributed by atoms with Crippen molar-refractivity contribution in [3.05, 3.63) is 30.2 Å². The standard InChI is InChI=1S/C13H18N4O/c1-14-13(17-6-4-15-5-7-17)10-2-3-11-12(8-10)18-9-16-11/h2-3,8-9,13-15H,4-7H2,1H3. The molecule has 0 saturated carbocycles. The first kappa shape index (κ1) is 11.6. The van der Waals surface area contributed by atoms with Crippen LogP contribution in [-0.2, 0) is 0 Å². The lowest BCUT2D eigenvalue weighted by Gasteiger charge is -2.34. The number of nitrogens with zero attached hydrogens (tertiary/aromatic N) is 2. The third-order valence-electron chi connectivity index (χ3n) is 3.46. The van der Waals surface area contributed by atoms with E-state index >= 15 is 0 Å². The van der Waals surface area contributed by atoms with E-state index in [0.717, 1.165) is 37.3 Å². The maximum absolute atomic E-state index is 5.37. The molecule has 1 aromatic carbocycles. The van der Waals surface area contributed by atoms with E-state index in [1.54, 1.807) is 0 Å². The molecular weight excluding hydrogens is 228 g/mol. The summed E-state index contributed by atoms with van der Waals surface area (Å²) in [6, 6.07) is 6.21. The van der Waals surface area contributed by atoms with Gasteiger partial charge in [0.15, 0.2) is 12.0 Å². The number of piperazine rings is 1. The van der Waals surface area contributed by atoms with Gasteiger partial charge in [-0.05, 0) is 24.7 Å². The van der Waals surface area contributed by atoms with Crippen LogP contribution in [-0.4, -0.2) is 43.1 Å². The first-order chi connectivity index (χ1) is 8.88. The van der Waals surface area contributed by atoms with Gasteiger partial charge in [0.2, 0.25) is 0 Å². The lowest BCUT2D eigenvalue weighted by molar-refractivity contribution is 0.153. The van der Waals surface area contributed by atoms with E-state index in [0.29, 0.717) is 0 Å². The Morgan fingerprint density at radius 1 is 1.39 bits per heavy atom. The molecule has 2 heterocycles. The van der Waals surface area contributed by atoms with Crippen molar-refractivity contribution in [3.63, 3.8) is 0 Å². The van der Waals surface area contributed by atoms with Gasteiger partial charge in [-0.3, -0.25) is 4.90 Å². The van der Waals surface area contributed by atoms with Crippen molar-refractivity contribution in [3.8, 4) is 0 Å². The topological polar surface area (TPSA) is 53.3 Å². The monoisotopic (exact) mass is 246 g/mol. The Hall–Kier alpha value is -1.43. The SMILES string of the molecule is CNC(c1ccc2ncoc2c1)N1CCNCC1. The van der Waals surface area contributed by atoms with E-state index < -0.39 is 0 Å². The minimum Gasteiger partial charge on any atom is -0.443 e. The number of oxazole rings is 1. The summed E-state index contributed by atoms with van der Waals surface area (Å²) >= 11 is 0. The van der Waals surface area contributed by atoms with E-state index in [9.17, 15) is 0 Å². The summed E-state index contributed by atoms with van der Waals surface area (Å²) in [5.41, 5.74) is 2.99. The van der Waals surface area contributed by atoms with Gasteiger partial charge >= 0.3 is 0 Å². The molecule has 1 atom stereocenters. The summed E-state index contributed by atoms with van der Waals surface area (Å²) in [7, 11) is 2.00. The molecule has 2 aromatic rings. The molecular formula is C13H18N4O. The summed E-state index contributed by atoms with van der Waals surface area (Å²) in [4.78, 5) is 6.59. The van der Waals surface area contributed by atoms with Crippen LogP contribution in [0.25, 0.3) is 11.1 Å². The number of nitrogens with one attached hydrogen (secondary N) is 2. The van der Waals surface area contributed by atoms with Crippen LogP contribution in [0.4, 0.5) is 0 Å². The zero-order chi connectivity index (χ0) is 12.4. The average Bonchev–Trinajstić information content (AvgIpc) is 2.88. The molecule has 1 unspecified atom stereocenters. The maximum Gasteiger partial charge on any atom is 0.181 e. The van der Waals surface area contributed by atoms with Gasteiger partial charge in [-0.25, -0.2) is 4.98 Å². The Balaban J connectivity index is 1.89. The molecule has 0 amide bonds. The Kier molecular flexibility index (Phi) is 3.27. The molecule has 1 aromatic heterocycles. The lowest BCUT2D eigenvalue weighted by atomic mass is 10.1. The maximum atomic E-state index is 5.37. The van der Waals surface area contributed by atoms with Gasteiger partial charge in [0.05, 0.1) is 6.17 Å². The average molecular weight is 246 g/mol. The van der Waals surface area contributed by atoms with Crippen LogP contribution >= 0.6 is 0 Å². The van der Waals surface area contributed by atoms with Crippen LogP contribution in [0.3, 0.4) is 0 Å². The summed E-state index contributed by atoms with van der Waals surface area (Å²) < 4.78 is 5.37. The molecule has 2 N–H and O–H groups in total. The van der Waals surface area contributed by atoms with E-state index in [-0.39, 0.29) is 6.17 Å². The van der Waals surface area contributed by atoms with E-state index in [1.165, 1.54) is 12.0 Å². The molecule has 0 bridgehead atoms. The van der Waals surface area contributed by atoms with Crippen molar-refractivity contribution in [2.75, 3.05) is 33.2 Å². The highest BCUT2D eigenvalue weighted by atomic mass is 16.3. The van der Waals surface area contributed by atoms with Crippen LogP contribution in [0.2, 0.25) is 0 Å². The molecule has 0 radical (unpaired) electrons. The second kappa shape index (κ2) is 5.06. The number of hydrogen-bond donors (Lipinski definition) is 2. The minimum absolute atomic E-state index is 0.238. The zero-order valence-electron chi connectivity index (χ0n) is 10.5. The van der Waals surface area contributed by atoms with Crippen LogP contribution < -0.4 is 10.6 Å². The van der Waals surface area contributed by atoms with Crippen molar-refractivity contribution in [2.24, 2.45) is 0 Å². The minimum atomic E-state index is 0.238. The molecule has 96 valence electrons. The van der Waals surface area contributed by atoms with Crippen molar-refractivity contribution in [2.45, 2.75) is 6.17 Å². The predicted molar refractivity (Wildman–Crippen MR) is 70.3 cm³/mol. The highest BCUT2D eigenvalue weighted by Crippen LogP contribution is 2.22. The predicted octanol–water partition coefficient (Wildman–Crippen LogP) is 0.951. The summed E-state index contributed by atoms with van der Waals surface area (Å²) in [5, 5.41) is 6.75. The van der Waals surface area contributed by atoms with Gasteiger partial charge in [0, 0.05) is 26.2 Å². The van der Waals surface area contributed by atoms with Crippen LogP contribution in [0, 0.1) is 0 Å². The van der Waals surface area contributed by atoms with Crippen LogP contribution in [0.1, 0.15) is 11.7 Å². The largest absolute Gasteiger partial charge is 0.443 e. The molecule has 1 saturated heterocycles. The second-order valence-corrected chi connectivity index (χ2v) is 4.56. The molecule has 5 nitrogen and oxygen atoms in total. The van der Waals surface area contributed by atoms with Gasteiger partial charge in [-0.15, -0.1) is 0 Å². The fourth-order valence-corrected chi connectivity index (χ4v) is 2.54.